The number of anilines is 1. The van der Waals surface area contributed by atoms with Gasteiger partial charge >= 0.3 is 0 Å². The Morgan fingerprint density at radius 2 is 2.22 bits per heavy atom. The molecule has 0 spiro atoms. The topological polar surface area (TPSA) is 42.1 Å². The first-order valence-corrected chi connectivity index (χ1v) is 6.66. The fraction of sp³-hybridized carbons (Fsp3) is 0.357. The number of hydrogen-bond acceptors (Lipinski definition) is 3. The molecule has 1 aromatic carbocycles. The molecule has 0 bridgehead atoms. The number of nitrogens with zero attached hydrogens (tertiary/aromatic N) is 2. The second-order valence-electron chi connectivity index (χ2n) is 4.84. The minimum atomic E-state index is 0.272. The maximum Gasteiger partial charge on any atom is 0.0737 e. The molecule has 3 rings (SSSR count). The number of piperidine rings is 1. The molecule has 1 aliphatic heterocycles. The lowest BCUT2D eigenvalue weighted by Gasteiger charge is -2.33. The second-order valence-corrected chi connectivity index (χ2v) is 5.28. The number of rotatable bonds is 1. The molecule has 0 aliphatic carbocycles. The zero-order valence-corrected chi connectivity index (χ0v) is 10.9. The van der Waals surface area contributed by atoms with E-state index < -0.39 is 0 Å². The minimum absolute atomic E-state index is 0.272. The molecule has 0 amide bonds. The number of halogens is 1. The van der Waals surface area contributed by atoms with E-state index in [4.69, 9.17) is 17.3 Å². The number of fused-ring (bicyclic) bond motifs is 1. The van der Waals surface area contributed by atoms with Gasteiger partial charge in [0.2, 0.25) is 0 Å². The van der Waals surface area contributed by atoms with Crippen LogP contribution < -0.4 is 10.6 Å². The number of benzene rings is 1. The van der Waals surface area contributed by atoms with Crippen molar-refractivity contribution in [2.45, 2.75) is 18.9 Å². The summed E-state index contributed by atoms with van der Waals surface area (Å²) in [5.41, 5.74) is 8.21. The van der Waals surface area contributed by atoms with Crippen LogP contribution in [-0.4, -0.2) is 24.1 Å². The zero-order chi connectivity index (χ0) is 12.5. The van der Waals surface area contributed by atoms with E-state index in [2.05, 4.69) is 16.0 Å². The fourth-order valence-corrected chi connectivity index (χ4v) is 2.78. The van der Waals surface area contributed by atoms with Crippen molar-refractivity contribution in [3.63, 3.8) is 0 Å². The van der Waals surface area contributed by atoms with Crippen LogP contribution in [-0.2, 0) is 0 Å². The molecule has 0 radical (unpaired) electrons. The predicted octanol–water partition coefficient (Wildman–Crippen LogP) is 2.82. The predicted molar refractivity (Wildman–Crippen MR) is 76.2 cm³/mol. The van der Waals surface area contributed by atoms with Gasteiger partial charge in [-0.2, -0.15) is 0 Å². The average molecular weight is 262 g/mol. The van der Waals surface area contributed by atoms with Crippen LogP contribution >= 0.6 is 11.6 Å². The summed E-state index contributed by atoms with van der Waals surface area (Å²) < 4.78 is 0. The summed E-state index contributed by atoms with van der Waals surface area (Å²) in [6.07, 6.45) is 4.11. The van der Waals surface area contributed by atoms with Gasteiger partial charge in [0.05, 0.1) is 5.52 Å². The van der Waals surface area contributed by atoms with E-state index in [9.17, 15) is 0 Å². The van der Waals surface area contributed by atoms with E-state index >= 15 is 0 Å². The van der Waals surface area contributed by atoms with Crippen molar-refractivity contribution in [3.05, 3.63) is 35.5 Å². The Hall–Kier alpha value is -1.32. The molecular weight excluding hydrogens is 246 g/mol. The number of aromatic nitrogens is 1. The van der Waals surface area contributed by atoms with Gasteiger partial charge in [-0.1, -0.05) is 11.6 Å². The van der Waals surface area contributed by atoms with Crippen LogP contribution in [0.3, 0.4) is 0 Å². The molecule has 4 heteroatoms. The molecule has 1 atom stereocenters. The maximum atomic E-state index is 6.05. The van der Waals surface area contributed by atoms with Gasteiger partial charge in [-0.25, -0.2) is 0 Å². The Balaban J connectivity index is 2.05. The van der Waals surface area contributed by atoms with Crippen LogP contribution in [0.5, 0.6) is 0 Å². The molecule has 1 saturated heterocycles. The monoisotopic (exact) mass is 261 g/mol. The molecule has 1 aromatic heterocycles. The van der Waals surface area contributed by atoms with Crippen molar-refractivity contribution in [1.82, 2.24) is 4.98 Å². The van der Waals surface area contributed by atoms with E-state index in [1.54, 1.807) is 0 Å². The third-order valence-electron chi connectivity index (χ3n) is 3.48. The van der Waals surface area contributed by atoms with E-state index in [1.807, 2.05) is 24.4 Å². The van der Waals surface area contributed by atoms with Crippen molar-refractivity contribution < 1.29 is 0 Å². The standard InChI is InChI=1S/C14H16ClN3/c15-10-3-4-12-13(8-10)17-6-5-14(12)18-7-1-2-11(16)9-18/h3-6,8,11H,1-2,7,9,16H2/t11-/m1/s1. The quantitative estimate of drug-likeness (QED) is 0.858. The Labute approximate surface area is 112 Å². The molecule has 2 heterocycles. The summed E-state index contributed by atoms with van der Waals surface area (Å²) >= 11 is 6.01. The maximum absolute atomic E-state index is 6.05. The first-order chi connectivity index (χ1) is 8.74. The van der Waals surface area contributed by atoms with Gasteiger partial charge in [0.1, 0.15) is 0 Å². The van der Waals surface area contributed by atoms with E-state index in [0.717, 1.165) is 41.9 Å². The molecule has 0 unspecified atom stereocenters. The highest BCUT2D eigenvalue weighted by Crippen LogP contribution is 2.29. The normalized spacial score (nSPS) is 20.3. The lowest BCUT2D eigenvalue weighted by molar-refractivity contribution is 0.507. The highest BCUT2D eigenvalue weighted by Gasteiger charge is 2.18. The van der Waals surface area contributed by atoms with Gasteiger partial charge in [0, 0.05) is 41.4 Å². The van der Waals surface area contributed by atoms with E-state index in [0.29, 0.717) is 0 Å². The van der Waals surface area contributed by atoms with Gasteiger partial charge in [-0.05, 0) is 37.1 Å². The van der Waals surface area contributed by atoms with Gasteiger partial charge in [0.25, 0.3) is 0 Å². The van der Waals surface area contributed by atoms with Crippen LogP contribution in [0.4, 0.5) is 5.69 Å². The van der Waals surface area contributed by atoms with Crippen molar-refractivity contribution in [2.24, 2.45) is 5.73 Å². The van der Waals surface area contributed by atoms with Crippen molar-refractivity contribution >= 4 is 28.2 Å². The zero-order valence-electron chi connectivity index (χ0n) is 10.1. The summed E-state index contributed by atoms with van der Waals surface area (Å²) in [7, 11) is 0. The Morgan fingerprint density at radius 3 is 3.06 bits per heavy atom. The highest BCUT2D eigenvalue weighted by molar-refractivity contribution is 6.31. The average Bonchev–Trinajstić information content (AvgIpc) is 2.37. The number of nitrogens with two attached hydrogens (primary N) is 1. The Bertz CT molecular complexity index is 570. The summed E-state index contributed by atoms with van der Waals surface area (Å²) in [6, 6.07) is 8.20. The first-order valence-electron chi connectivity index (χ1n) is 6.29. The lowest BCUT2D eigenvalue weighted by Crippen LogP contribution is -2.42. The van der Waals surface area contributed by atoms with Gasteiger partial charge < -0.3 is 10.6 Å². The summed E-state index contributed by atoms with van der Waals surface area (Å²) in [4.78, 5) is 6.73. The second kappa shape index (κ2) is 4.75. The molecule has 1 aliphatic rings. The van der Waals surface area contributed by atoms with Crippen molar-refractivity contribution in [1.29, 1.82) is 0 Å². The Morgan fingerprint density at radius 1 is 1.33 bits per heavy atom. The molecule has 3 nitrogen and oxygen atoms in total. The Kier molecular flexibility index (Phi) is 3.10. The van der Waals surface area contributed by atoms with Gasteiger partial charge in [-0.15, -0.1) is 0 Å². The molecule has 94 valence electrons. The summed E-state index contributed by atoms with van der Waals surface area (Å²) in [6.45, 7) is 1.98. The van der Waals surface area contributed by atoms with Gasteiger partial charge in [0.15, 0.2) is 0 Å². The smallest absolute Gasteiger partial charge is 0.0737 e. The number of pyridine rings is 1. The van der Waals surface area contributed by atoms with Crippen molar-refractivity contribution in [3.8, 4) is 0 Å². The van der Waals surface area contributed by atoms with Crippen LogP contribution in [0.25, 0.3) is 10.9 Å². The van der Waals surface area contributed by atoms with Crippen LogP contribution in [0.1, 0.15) is 12.8 Å². The molecule has 0 saturated carbocycles. The minimum Gasteiger partial charge on any atom is -0.369 e. The SMILES string of the molecule is N[C@@H]1CCCN(c2ccnc3cc(Cl)ccc23)C1. The van der Waals surface area contributed by atoms with Gasteiger partial charge in [-0.3, -0.25) is 4.98 Å². The third-order valence-corrected chi connectivity index (χ3v) is 3.72. The van der Waals surface area contributed by atoms with Crippen LogP contribution in [0.2, 0.25) is 5.02 Å². The highest BCUT2D eigenvalue weighted by atomic mass is 35.5. The fourth-order valence-electron chi connectivity index (χ4n) is 2.61. The first kappa shape index (κ1) is 11.8. The molecule has 1 fully saturated rings. The van der Waals surface area contributed by atoms with Crippen molar-refractivity contribution in [2.75, 3.05) is 18.0 Å². The van der Waals surface area contributed by atoms with E-state index in [1.165, 1.54) is 5.69 Å². The molecule has 18 heavy (non-hydrogen) atoms. The third kappa shape index (κ3) is 2.16. The number of hydrogen-bond donors (Lipinski definition) is 1. The van der Waals surface area contributed by atoms with E-state index in [-0.39, 0.29) is 6.04 Å². The lowest BCUT2D eigenvalue weighted by atomic mass is 10.0. The molecule has 2 N–H and O–H groups in total. The van der Waals surface area contributed by atoms with Crippen LogP contribution in [0, 0.1) is 0 Å². The summed E-state index contributed by atoms with van der Waals surface area (Å²) in [5.74, 6) is 0. The summed E-state index contributed by atoms with van der Waals surface area (Å²) in [5, 5.41) is 1.87. The molecule has 2 aromatic rings. The molecular formula is C14H16ClN3. The largest absolute Gasteiger partial charge is 0.369 e. The van der Waals surface area contributed by atoms with Crippen LogP contribution in [0.15, 0.2) is 30.5 Å².